The molecule has 0 amide bonds. The van der Waals surface area contributed by atoms with Crippen LogP contribution < -0.4 is 0 Å². The summed E-state index contributed by atoms with van der Waals surface area (Å²) in [5.41, 5.74) is 3.89. The SMILES string of the molecule is C/C=C(\C(C)=O)C(=O)c1c(C)cc(C)cc1C. The van der Waals surface area contributed by atoms with Gasteiger partial charge < -0.3 is 0 Å². The second kappa shape index (κ2) is 5.09. The second-order valence-electron chi connectivity index (χ2n) is 4.36. The van der Waals surface area contributed by atoms with Crippen molar-refractivity contribution in [1.82, 2.24) is 0 Å². The fourth-order valence-corrected chi connectivity index (χ4v) is 2.17. The summed E-state index contributed by atoms with van der Waals surface area (Å²) in [7, 11) is 0. The average Bonchev–Trinajstić information content (AvgIpc) is 2.15. The van der Waals surface area contributed by atoms with E-state index in [-0.39, 0.29) is 17.1 Å². The number of carbonyl (C=O) groups excluding carboxylic acids is 2. The van der Waals surface area contributed by atoms with Gasteiger partial charge in [-0.05, 0) is 45.7 Å². The van der Waals surface area contributed by atoms with Crippen LogP contribution in [0.1, 0.15) is 40.9 Å². The number of aryl methyl sites for hydroxylation is 3. The molecule has 0 atom stereocenters. The molecule has 0 aromatic heterocycles. The van der Waals surface area contributed by atoms with Crippen LogP contribution in [0.15, 0.2) is 23.8 Å². The molecule has 2 heteroatoms. The number of hydrogen-bond donors (Lipinski definition) is 0. The van der Waals surface area contributed by atoms with Gasteiger partial charge in [0, 0.05) is 5.56 Å². The first-order valence-electron chi connectivity index (χ1n) is 5.68. The molecule has 1 aromatic rings. The molecule has 0 aliphatic rings. The number of rotatable bonds is 3. The molecule has 0 fully saturated rings. The smallest absolute Gasteiger partial charge is 0.196 e. The van der Waals surface area contributed by atoms with Gasteiger partial charge in [0.25, 0.3) is 0 Å². The summed E-state index contributed by atoms with van der Waals surface area (Å²) in [6, 6.07) is 3.93. The van der Waals surface area contributed by atoms with Crippen molar-refractivity contribution in [2.24, 2.45) is 0 Å². The average molecular weight is 230 g/mol. The molecule has 0 aliphatic carbocycles. The Morgan fingerprint density at radius 1 is 1.06 bits per heavy atom. The van der Waals surface area contributed by atoms with E-state index in [1.54, 1.807) is 13.0 Å². The lowest BCUT2D eigenvalue weighted by Crippen LogP contribution is -2.13. The summed E-state index contributed by atoms with van der Waals surface area (Å²) < 4.78 is 0. The highest BCUT2D eigenvalue weighted by molar-refractivity contribution is 6.26. The van der Waals surface area contributed by atoms with Crippen molar-refractivity contribution in [2.45, 2.75) is 34.6 Å². The molecule has 0 heterocycles. The van der Waals surface area contributed by atoms with Crippen LogP contribution in [-0.2, 0) is 4.79 Å². The topological polar surface area (TPSA) is 34.1 Å². The van der Waals surface area contributed by atoms with Gasteiger partial charge >= 0.3 is 0 Å². The fraction of sp³-hybridized carbons (Fsp3) is 0.333. The Hall–Kier alpha value is -1.70. The first-order chi connectivity index (χ1) is 7.88. The third-order valence-corrected chi connectivity index (χ3v) is 2.82. The largest absolute Gasteiger partial charge is 0.294 e. The van der Waals surface area contributed by atoms with E-state index in [0.717, 1.165) is 16.7 Å². The number of benzene rings is 1. The van der Waals surface area contributed by atoms with Gasteiger partial charge in [-0.1, -0.05) is 23.8 Å². The van der Waals surface area contributed by atoms with Crippen LogP contribution >= 0.6 is 0 Å². The van der Waals surface area contributed by atoms with Crippen molar-refractivity contribution in [2.75, 3.05) is 0 Å². The van der Waals surface area contributed by atoms with Crippen LogP contribution in [0.25, 0.3) is 0 Å². The van der Waals surface area contributed by atoms with Crippen LogP contribution in [0.3, 0.4) is 0 Å². The van der Waals surface area contributed by atoms with Gasteiger partial charge in [-0.25, -0.2) is 0 Å². The van der Waals surface area contributed by atoms with Gasteiger partial charge in [-0.3, -0.25) is 9.59 Å². The zero-order chi connectivity index (χ0) is 13.2. The minimum Gasteiger partial charge on any atom is -0.294 e. The predicted molar refractivity (Wildman–Crippen MR) is 69.4 cm³/mol. The van der Waals surface area contributed by atoms with Crippen molar-refractivity contribution in [3.8, 4) is 0 Å². The minimum atomic E-state index is -0.183. The standard InChI is InChI=1S/C15H18O2/c1-6-13(12(5)16)15(17)14-10(3)7-9(2)8-11(14)4/h6-8H,1-5H3/b13-6+. The van der Waals surface area contributed by atoms with Crippen LogP contribution in [0.2, 0.25) is 0 Å². The molecule has 90 valence electrons. The second-order valence-corrected chi connectivity index (χ2v) is 4.36. The maximum Gasteiger partial charge on any atom is 0.196 e. The molecular weight excluding hydrogens is 212 g/mol. The molecule has 0 spiro atoms. The zero-order valence-corrected chi connectivity index (χ0v) is 11.0. The Balaban J connectivity index is 3.36. The maximum absolute atomic E-state index is 12.3. The monoisotopic (exact) mass is 230 g/mol. The predicted octanol–water partition coefficient (Wildman–Crippen LogP) is 3.33. The van der Waals surface area contributed by atoms with E-state index in [2.05, 4.69) is 0 Å². The Labute approximate surface area is 102 Å². The van der Waals surface area contributed by atoms with E-state index in [4.69, 9.17) is 0 Å². The van der Waals surface area contributed by atoms with Gasteiger partial charge in [-0.2, -0.15) is 0 Å². The number of hydrogen-bond acceptors (Lipinski definition) is 2. The highest BCUT2D eigenvalue weighted by atomic mass is 16.1. The normalized spacial score (nSPS) is 11.5. The van der Waals surface area contributed by atoms with Gasteiger partial charge in [0.15, 0.2) is 11.6 Å². The molecule has 0 saturated heterocycles. The molecule has 0 bridgehead atoms. The first-order valence-corrected chi connectivity index (χ1v) is 5.68. The molecule has 0 N–H and O–H groups in total. The molecule has 0 radical (unpaired) electrons. The molecule has 1 aromatic carbocycles. The highest BCUT2D eigenvalue weighted by Crippen LogP contribution is 2.20. The van der Waals surface area contributed by atoms with E-state index in [1.165, 1.54) is 6.92 Å². The summed E-state index contributed by atoms with van der Waals surface area (Å²) in [6.07, 6.45) is 1.59. The Morgan fingerprint density at radius 3 is 1.88 bits per heavy atom. The van der Waals surface area contributed by atoms with Crippen LogP contribution in [0.4, 0.5) is 0 Å². The molecular formula is C15H18O2. The van der Waals surface area contributed by atoms with Gasteiger partial charge in [0.2, 0.25) is 0 Å². The van der Waals surface area contributed by atoms with Crippen molar-refractivity contribution in [3.63, 3.8) is 0 Å². The number of carbonyl (C=O) groups is 2. The van der Waals surface area contributed by atoms with Crippen LogP contribution in [-0.4, -0.2) is 11.6 Å². The van der Waals surface area contributed by atoms with E-state index >= 15 is 0 Å². The minimum absolute atomic E-state index is 0.171. The van der Waals surface area contributed by atoms with E-state index in [1.807, 2.05) is 32.9 Å². The van der Waals surface area contributed by atoms with Gasteiger partial charge in [0.05, 0.1) is 5.57 Å². The van der Waals surface area contributed by atoms with E-state index < -0.39 is 0 Å². The third-order valence-electron chi connectivity index (χ3n) is 2.82. The van der Waals surface area contributed by atoms with Crippen molar-refractivity contribution >= 4 is 11.6 Å². The molecule has 0 unspecified atom stereocenters. The number of Topliss-reactive ketones (excluding diaryl/α,β-unsaturated/α-hetero) is 2. The zero-order valence-electron chi connectivity index (χ0n) is 11.0. The van der Waals surface area contributed by atoms with Crippen molar-refractivity contribution < 1.29 is 9.59 Å². The fourth-order valence-electron chi connectivity index (χ4n) is 2.17. The number of ketones is 2. The van der Waals surface area contributed by atoms with Crippen LogP contribution in [0, 0.1) is 20.8 Å². The van der Waals surface area contributed by atoms with Gasteiger partial charge in [0.1, 0.15) is 0 Å². The highest BCUT2D eigenvalue weighted by Gasteiger charge is 2.19. The lowest BCUT2D eigenvalue weighted by Gasteiger charge is -2.11. The molecule has 17 heavy (non-hydrogen) atoms. The first kappa shape index (κ1) is 13.4. The molecule has 0 saturated carbocycles. The maximum atomic E-state index is 12.3. The van der Waals surface area contributed by atoms with Gasteiger partial charge in [-0.15, -0.1) is 0 Å². The Bertz CT molecular complexity index is 485. The quantitative estimate of drug-likeness (QED) is 0.345. The third kappa shape index (κ3) is 2.70. The summed E-state index contributed by atoms with van der Waals surface area (Å²) in [6.45, 7) is 8.94. The molecule has 2 nitrogen and oxygen atoms in total. The lowest BCUT2D eigenvalue weighted by atomic mass is 9.92. The van der Waals surface area contributed by atoms with E-state index in [0.29, 0.717) is 5.56 Å². The number of allylic oxidation sites excluding steroid dienone is 2. The van der Waals surface area contributed by atoms with E-state index in [9.17, 15) is 9.59 Å². The van der Waals surface area contributed by atoms with Crippen LogP contribution in [0.5, 0.6) is 0 Å². The van der Waals surface area contributed by atoms with Crippen molar-refractivity contribution in [3.05, 3.63) is 46.0 Å². The summed E-state index contributed by atoms with van der Waals surface area (Å²) in [4.78, 5) is 23.7. The molecule has 1 rings (SSSR count). The van der Waals surface area contributed by atoms with Crippen molar-refractivity contribution in [1.29, 1.82) is 0 Å². The Kier molecular flexibility index (Phi) is 4.00. The molecule has 0 aliphatic heterocycles. The Morgan fingerprint density at radius 2 is 1.53 bits per heavy atom. The lowest BCUT2D eigenvalue weighted by molar-refractivity contribution is -0.113. The summed E-state index contributed by atoms with van der Waals surface area (Å²) in [5, 5.41) is 0. The summed E-state index contributed by atoms with van der Waals surface area (Å²) >= 11 is 0. The summed E-state index contributed by atoms with van der Waals surface area (Å²) in [5.74, 6) is -0.355.